The normalized spacial score (nSPS) is 50.2. The van der Waals surface area contributed by atoms with E-state index in [9.17, 15) is 51.9 Å². The molecule has 8 bridgehead atoms. The maximum Gasteiger partial charge on any atom is 0.100 e. The molecule has 5 saturated heterocycles. The zero-order chi connectivity index (χ0) is 39.7. The van der Waals surface area contributed by atoms with E-state index < -0.39 is 98.0 Å². The molecule has 5 aliphatic heterocycles. The summed E-state index contributed by atoms with van der Waals surface area (Å²) in [6, 6.07) is 0. The first-order valence-corrected chi connectivity index (χ1v) is 26.1. The van der Waals surface area contributed by atoms with Gasteiger partial charge in [-0.1, -0.05) is 38.5 Å². The molecule has 0 aromatic rings. The molecule has 20 nitrogen and oxygen atoms in total. The van der Waals surface area contributed by atoms with Crippen molar-refractivity contribution in [2.75, 3.05) is 0 Å². The van der Waals surface area contributed by atoms with E-state index in [0.29, 0.717) is 11.8 Å². The predicted octanol–water partition coefficient (Wildman–Crippen LogP) is -3.30. The van der Waals surface area contributed by atoms with Crippen molar-refractivity contribution in [1.29, 1.82) is 0 Å². The Morgan fingerprint density at radius 1 is 0.298 bits per heavy atom. The molecule has 5 heterocycles. The van der Waals surface area contributed by atoms with Crippen molar-refractivity contribution >= 4 is 40.5 Å². The van der Waals surface area contributed by atoms with E-state index >= 15 is 0 Å². The number of rotatable bonds is 4. The second kappa shape index (κ2) is 15.6. The van der Waals surface area contributed by atoms with Crippen molar-refractivity contribution in [3.05, 3.63) is 0 Å². The minimum Gasteiger partial charge on any atom is -0.748 e. The second-order valence-electron chi connectivity index (χ2n) is 18.0. The number of hydrogen-bond acceptors (Lipinski definition) is 20. The van der Waals surface area contributed by atoms with Gasteiger partial charge >= 0.3 is 0 Å². The fraction of sp³-hybridized carbons (Fsp3) is 1.00. The van der Waals surface area contributed by atoms with Gasteiger partial charge in [0, 0.05) is 31.9 Å². The molecular weight excluding hydrogens is 1010 g/mol. The third kappa shape index (κ3) is 7.76. The summed E-state index contributed by atoms with van der Waals surface area (Å²) in [5, 5.41) is 16.2. The van der Waals surface area contributed by atoms with Crippen LogP contribution in [0.2, 0.25) is 0 Å². The maximum atomic E-state index is 13.3. The Morgan fingerprint density at radius 3 is 0.667 bits per heavy atom. The van der Waals surface area contributed by atoms with Crippen LogP contribution in [-0.2, 0) is 60.6 Å². The van der Waals surface area contributed by atoms with E-state index in [-0.39, 0.29) is 68.4 Å². The summed E-state index contributed by atoms with van der Waals surface area (Å²) in [6.45, 7) is 0. The molecule has 9 fully saturated rings. The van der Waals surface area contributed by atoms with Crippen LogP contribution < -0.4 is 42.5 Å². The van der Waals surface area contributed by atoms with Gasteiger partial charge in [-0.3, -0.25) is 42.5 Å². The van der Waals surface area contributed by atoms with Gasteiger partial charge in [0.25, 0.3) is 0 Å². The molecule has 20 atom stereocenters. The topological polar surface area (TPSA) is 325 Å². The Kier molecular flexibility index (Phi) is 12.0. The molecular formula is C32H52IrN8O12S4-4. The summed E-state index contributed by atoms with van der Waals surface area (Å²) in [4.78, 5) is 0. The molecule has 8 N–H and O–H groups in total. The molecule has 57 heavy (non-hydrogen) atoms. The molecule has 9 aliphatic rings. The fourth-order valence-electron chi connectivity index (χ4n) is 13.4. The zero-order valence-electron chi connectivity index (χ0n) is 30.9. The Labute approximate surface area is 347 Å². The van der Waals surface area contributed by atoms with Crippen molar-refractivity contribution in [2.45, 2.75) is 147 Å². The van der Waals surface area contributed by atoms with E-state index in [1.807, 2.05) is 0 Å². The minimum atomic E-state index is -6.22. The largest absolute Gasteiger partial charge is 0.748 e. The van der Waals surface area contributed by atoms with Crippen molar-refractivity contribution in [1.82, 2.24) is 42.5 Å². The third-order valence-corrected chi connectivity index (χ3v) is 20.9. The molecule has 1 radical (unpaired) electrons. The van der Waals surface area contributed by atoms with Crippen LogP contribution in [0.1, 0.15) is 77.0 Å². The quantitative estimate of drug-likeness (QED) is 0.128. The molecule has 4 aliphatic carbocycles. The van der Waals surface area contributed by atoms with Crippen LogP contribution in [0.4, 0.5) is 0 Å². The minimum absolute atomic E-state index is 0. The number of nitrogens with one attached hydrogen (secondary N) is 8. The first-order valence-electron chi connectivity index (χ1n) is 20.2. The molecule has 0 spiro atoms. The summed E-state index contributed by atoms with van der Waals surface area (Å²) in [6.07, 6.45) is 6.60. The first kappa shape index (κ1) is 43.6. The number of fused-ring (bicyclic) bond motifs is 20. The van der Waals surface area contributed by atoms with E-state index in [1.165, 1.54) is 0 Å². The van der Waals surface area contributed by atoms with E-state index in [1.54, 1.807) is 0 Å². The van der Waals surface area contributed by atoms with Crippen LogP contribution in [-0.4, -0.2) is 122 Å². The average molecular weight is 1060 g/mol. The SMILES string of the molecule is O=S(=O)([O-])C1C2C3NC4NC(NC5NC(NC6NC(NC(N3)C2C(S(=O)(=O)[O-])C(S(=O)(=O)[O-])C1S(=O)(=O)[O-])C1CCCCC61)C1CCCCC51)C1CCCCC41.[Ir]. The van der Waals surface area contributed by atoms with E-state index in [4.69, 9.17) is 0 Å². The standard InChI is InChI=1S/C32H56N8O12S4.Ir/c41-53(42,43)21-19-20(22(54(44,45)46)24(56(50,51)52)23(21)55(47,48)49)32-39-30-18-12-6-4-10-16(18)28(37-30)35-26-14-8-2-1-7-13(14)25(33-26)34-27-15-9-3-5-11-17(15)29(36-27)38-31(19)40-32;/h13-40H,1-12H2,(H,41,42,43)(H,44,45,46)(H,47,48,49)(H,50,51,52);/p-4. The Hall–Kier alpha value is -0.0306. The zero-order valence-corrected chi connectivity index (χ0v) is 36.6. The summed E-state index contributed by atoms with van der Waals surface area (Å²) >= 11 is 0. The summed E-state index contributed by atoms with van der Waals surface area (Å²) < 4.78 is 157. The van der Waals surface area contributed by atoms with Crippen molar-refractivity contribution in [3.63, 3.8) is 0 Å². The first-order chi connectivity index (χ1) is 26.3. The molecule has 0 aromatic carbocycles. The summed E-state index contributed by atoms with van der Waals surface area (Å²) in [5.41, 5.74) is 0. The molecule has 329 valence electrons. The monoisotopic (exact) mass is 1060 g/mol. The van der Waals surface area contributed by atoms with Gasteiger partial charge in [-0.25, -0.2) is 33.7 Å². The molecule has 20 unspecified atom stereocenters. The molecule has 25 heteroatoms. The van der Waals surface area contributed by atoms with Crippen LogP contribution in [0, 0.1) is 47.3 Å². The van der Waals surface area contributed by atoms with Crippen LogP contribution in [0.3, 0.4) is 0 Å². The van der Waals surface area contributed by atoms with Gasteiger partial charge in [0.15, 0.2) is 0 Å². The molecule has 0 aromatic heterocycles. The second-order valence-corrected chi connectivity index (χ2v) is 24.1. The Morgan fingerprint density at radius 2 is 0.474 bits per heavy atom. The van der Waals surface area contributed by atoms with Crippen LogP contribution in [0.15, 0.2) is 0 Å². The van der Waals surface area contributed by atoms with Crippen molar-refractivity contribution in [2.24, 2.45) is 47.3 Å². The van der Waals surface area contributed by atoms with Crippen molar-refractivity contribution < 1.29 is 72.0 Å². The van der Waals surface area contributed by atoms with E-state index in [0.717, 1.165) is 77.0 Å². The number of hydrogen-bond donors (Lipinski definition) is 8. The van der Waals surface area contributed by atoms with Crippen LogP contribution >= 0.6 is 0 Å². The van der Waals surface area contributed by atoms with Gasteiger partial charge in [-0.05, 0) is 74.0 Å². The summed E-state index contributed by atoms with van der Waals surface area (Å²) in [7, 11) is -24.4. The van der Waals surface area contributed by atoms with Crippen molar-refractivity contribution in [3.8, 4) is 0 Å². The Balaban J connectivity index is 0.00000455. The predicted molar refractivity (Wildman–Crippen MR) is 193 cm³/mol. The maximum absolute atomic E-state index is 13.3. The van der Waals surface area contributed by atoms with Crippen LogP contribution in [0.25, 0.3) is 0 Å². The van der Waals surface area contributed by atoms with Gasteiger partial charge in [0.05, 0.1) is 90.6 Å². The Bertz CT molecular complexity index is 1850. The van der Waals surface area contributed by atoms with Gasteiger partial charge in [0.2, 0.25) is 0 Å². The van der Waals surface area contributed by atoms with Gasteiger partial charge in [-0.2, -0.15) is 0 Å². The molecule has 0 amide bonds. The fourth-order valence-corrected chi connectivity index (χ4v) is 20.5. The van der Waals surface area contributed by atoms with Gasteiger partial charge in [0.1, 0.15) is 20.2 Å². The van der Waals surface area contributed by atoms with Gasteiger partial charge < -0.3 is 18.2 Å². The molecule has 4 saturated carbocycles. The van der Waals surface area contributed by atoms with E-state index in [2.05, 4.69) is 42.5 Å². The molecule has 9 rings (SSSR count). The third-order valence-electron chi connectivity index (χ3n) is 15.3. The summed E-state index contributed by atoms with van der Waals surface area (Å²) in [5.74, 6) is -3.14. The van der Waals surface area contributed by atoms with Gasteiger partial charge in [-0.15, -0.1) is 0 Å². The van der Waals surface area contributed by atoms with Crippen LogP contribution in [0.5, 0.6) is 0 Å². The smallest absolute Gasteiger partial charge is 0.100 e. The average Bonchev–Trinajstić information content (AvgIpc) is 3.84.